The molecule has 1 heterocycles. The molecule has 0 saturated carbocycles. The third-order valence-corrected chi connectivity index (χ3v) is 5.38. The van der Waals surface area contributed by atoms with Gasteiger partial charge in [0, 0.05) is 24.0 Å². The predicted octanol–water partition coefficient (Wildman–Crippen LogP) is 4.09. The zero-order valence-electron chi connectivity index (χ0n) is 14.4. The standard InChI is InChI=1S/C19H14Cl2FN3O2S/c20-14-4-2-1-3-12(14)10-24-17(26)11-28-18-19(27)25(8-7-23-18)13-5-6-16(22)15(21)9-13/h1-9H,10-11H2,(H,24,26). The van der Waals surface area contributed by atoms with Gasteiger partial charge in [-0.2, -0.15) is 0 Å². The van der Waals surface area contributed by atoms with E-state index in [0.717, 1.165) is 17.3 Å². The van der Waals surface area contributed by atoms with Crippen LogP contribution in [0.5, 0.6) is 0 Å². The number of carbonyl (C=O) groups excluding carboxylic acids is 1. The summed E-state index contributed by atoms with van der Waals surface area (Å²) < 4.78 is 14.6. The monoisotopic (exact) mass is 437 g/mol. The van der Waals surface area contributed by atoms with Crippen molar-refractivity contribution in [3.8, 4) is 5.69 Å². The number of nitrogens with zero attached hydrogens (tertiary/aromatic N) is 2. The van der Waals surface area contributed by atoms with E-state index in [4.69, 9.17) is 23.2 Å². The Morgan fingerprint density at radius 2 is 1.96 bits per heavy atom. The molecule has 0 atom stereocenters. The molecule has 3 rings (SSSR count). The van der Waals surface area contributed by atoms with Gasteiger partial charge >= 0.3 is 0 Å². The molecule has 0 aliphatic rings. The first-order chi connectivity index (χ1) is 13.5. The highest BCUT2D eigenvalue weighted by Gasteiger charge is 2.11. The van der Waals surface area contributed by atoms with Gasteiger partial charge in [-0.25, -0.2) is 9.37 Å². The highest BCUT2D eigenvalue weighted by atomic mass is 35.5. The van der Waals surface area contributed by atoms with Crippen molar-refractivity contribution in [2.75, 3.05) is 5.75 Å². The topological polar surface area (TPSA) is 64.0 Å². The number of thioether (sulfide) groups is 1. The highest BCUT2D eigenvalue weighted by Crippen LogP contribution is 2.19. The molecule has 0 saturated heterocycles. The van der Waals surface area contributed by atoms with Gasteiger partial charge in [-0.3, -0.25) is 14.2 Å². The second-order valence-electron chi connectivity index (χ2n) is 5.66. The molecule has 1 N–H and O–H groups in total. The van der Waals surface area contributed by atoms with Crippen molar-refractivity contribution in [3.63, 3.8) is 0 Å². The Morgan fingerprint density at radius 1 is 1.18 bits per heavy atom. The maximum absolute atomic E-state index is 13.3. The van der Waals surface area contributed by atoms with E-state index in [0.29, 0.717) is 17.3 Å². The molecular weight excluding hydrogens is 424 g/mol. The van der Waals surface area contributed by atoms with Crippen LogP contribution in [-0.4, -0.2) is 21.2 Å². The van der Waals surface area contributed by atoms with E-state index in [1.54, 1.807) is 6.07 Å². The normalized spacial score (nSPS) is 10.7. The van der Waals surface area contributed by atoms with Crippen LogP contribution in [0.15, 0.2) is 64.7 Å². The second kappa shape index (κ2) is 9.23. The summed E-state index contributed by atoms with van der Waals surface area (Å²) in [4.78, 5) is 28.7. The molecule has 0 bridgehead atoms. The minimum Gasteiger partial charge on any atom is -0.351 e. The van der Waals surface area contributed by atoms with Gasteiger partial charge in [-0.15, -0.1) is 0 Å². The van der Waals surface area contributed by atoms with Gasteiger partial charge in [0.25, 0.3) is 5.56 Å². The van der Waals surface area contributed by atoms with E-state index in [-0.39, 0.29) is 21.7 Å². The Labute approximate surface area is 174 Å². The van der Waals surface area contributed by atoms with E-state index >= 15 is 0 Å². The first kappa shape index (κ1) is 20.4. The number of amides is 1. The fourth-order valence-electron chi connectivity index (χ4n) is 2.35. The Hall–Kier alpha value is -2.35. The first-order valence-electron chi connectivity index (χ1n) is 8.11. The average molecular weight is 438 g/mol. The summed E-state index contributed by atoms with van der Waals surface area (Å²) in [5.41, 5.74) is 0.786. The summed E-state index contributed by atoms with van der Waals surface area (Å²) in [7, 11) is 0. The van der Waals surface area contributed by atoms with Crippen LogP contribution < -0.4 is 10.9 Å². The Kier molecular flexibility index (Phi) is 6.72. The quantitative estimate of drug-likeness (QED) is 0.589. The minimum atomic E-state index is -0.572. The van der Waals surface area contributed by atoms with Crippen LogP contribution in [-0.2, 0) is 11.3 Å². The van der Waals surface area contributed by atoms with Gasteiger partial charge in [0.05, 0.1) is 16.5 Å². The van der Waals surface area contributed by atoms with Crippen LogP contribution in [0.25, 0.3) is 5.69 Å². The van der Waals surface area contributed by atoms with Crippen molar-refractivity contribution in [1.82, 2.24) is 14.9 Å². The largest absolute Gasteiger partial charge is 0.351 e. The fourth-order valence-corrected chi connectivity index (χ4v) is 3.46. The maximum atomic E-state index is 13.3. The summed E-state index contributed by atoms with van der Waals surface area (Å²) in [6, 6.07) is 11.2. The lowest BCUT2D eigenvalue weighted by Crippen LogP contribution is -2.26. The average Bonchev–Trinajstić information content (AvgIpc) is 2.69. The SMILES string of the molecule is O=C(CSc1nccn(-c2ccc(F)c(Cl)c2)c1=O)NCc1ccccc1Cl. The molecule has 9 heteroatoms. The first-order valence-corrected chi connectivity index (χ1v) is 9.86. The smallest absolute Gasteiger partial charge is 0.287 e. The molecule has 0 unspecified atom stereocenters. The van der Waals surface area contributed by atoms with E-state index in [9.17, 15) is 14.0 Å². The van der Waals surface area contributed by atoms with Gasteiger partial charge in [0.1, 0.15) is 5.82 Å². The van der Waals surface area contributed by atoms with E-state index < -0.39 is 11.4 Å². The van der Waals surface area contributed by atoms with Crippen LogP contribution in [0, 0.1) is 5.82 Å². The maximum Gasteiger partial charge on any atom is 0.287 e. The van der Waals surface area contributed by atoms with Crippen LogP contribution in [0.4, 0.5) is 4.39 Å². The molecule has 0 aliphatic heterocycles. The number of aromatic nitrogens is 2. The van der Waals surface area contributed by atoms with E-state index in [1.165, 1.54) is 35.2 Å². The van der Waals surface area contributed by atoms with Gasteiger partial charge in [0.2, 0.25) is 5.91 Å². The van der Waals surface area contributed by atoms with Crippen molar-refractivity contribution in [1.29, 1.82) is 0 Å². The molecule has 1 aromatic heterocycles. The van der Waals surface area contributed by atoms with Crippen LogP contribution in [0.1, 0.15) is 5.56 Å². The molecular formula is C19H14Cl2FN3O2S. The Balaban J connectivity index is 1.66. The molecule has 0 radical (unpaired) electrons. The van der Waals surface area contributed by atoms with Gasteiger partial charge < -0.3 is 5.32 Å². The van der Waals surface area contributed by atoms with Gasteiger partial charge in [-0.1, -0.05) is 53.2 Å². The second-order valence-corrected chi connectivity index (χ2v) is 7.44. The molecule has 0 spiro atoms. The lowest BCUT2D eigenvalue weighted by molar-refractivity contribution is -0.118. The van der Waals surface area contributed by atoms with E-state index in [2.05, 4.69) is 10.3 Å². The zero-order valence-corrected chi connectivity index (χ0v) is 16.7. The molecule has 1 amide bonds. The third-order valence-electron chi connectivity index (χ3n) is 3.76. The summed E-state index contributed by atoms with van der Waals surface area (Å²) in [5, 5.41) is 3.38. The van der Waals surface area contributed by atoms with Crippen molar-refractivity contribution in [3.05, 3.63) is 86.6 Å². The van der Waals surface area contributed by atoms with Crippen molar-refractivity contribution in [2.45, 2.75) is 11.6 Å². The molecule has 0 aliphatic carbocycles. The van der Waals surface area contributed by atoms with Crippen LogP contribution in [0.3, 0.4) is 0 Å². The summed E-state index contributed by atoms with van der Waals surface area (Å²) in [6.45, 7) is 0.291. The molecule has 5 nitrogen and oxygen atoms in total. The molecule has 3 aromatic rings. The number of nitrogens with one attached hydrogen (secondary N) is 1. The number of hydrogen-bond donors (Lipinski definition) is 1. The van der Waals surface area contributed by atoms with Crippen molar-refractivity contribution >= 4 is 40.9 Å². The number of halogens is 3. The number of hydrogen-bond acceptors (Lipinski definition) is 4. The van der Waals surface area contributed by atoms with Crippen LogP contribution >= 0.6 is 35.0 Å². The lowest BCUT2D eigenvalue weighted by Gasteiger charge is -2.09. The number of carbonyl (C=O) groups is 1. The van der Waals surface area contributed by atoms with Crippen molar-refractivity contribution < 1.29 is 9.18 Å². The zero-order chi connectivity index (χ0) is 20.1. The third kappa shape index (κ3) is 4.92. The predicted molar refractivity (Wildman–Crippen MR) is 109 cm³/mol. The minimum absolute atomic E-state index is 0.0148. The molecule has 144 valence electrons. The summed E-state index contributed by atoms with van der Waals surface area (Å²) in [6.07, 6.45) is 2.88. The van der Waals surface area contributed by atoms with Crippen molar-refractivity contribution in [2.24, 2.45) is 0 Å². The summed E-state index contributed by atoms with van der Waals surface area (Å²) in [5.74, 6) is -0.815. The Bertz CT molecular complexity index is 1080. The van der Waals surface area contributed by atoms with Gasteiger partial charge in [0.15, 0.2) is 5.03 Å². The lowest BCUT2D eigenvalue weighted by atomic mass is 10.2. The molecule has 2 aromatic carbocycles. The number of rotatable bonds is 6. The van der Waals surface area contributed by atoms with Gasteiger partial charge in [-0.05, 0) is 29.8 Å². The van der Waals surface area contributed by atoms with Crippen LogP contribution in [0.2, 0.25) is 10.0 Å². The Morgan fingerprint density at radius 3 is 2.71 bits per heavy atom. The fraction of sp³-hybridized carbons (Fsp3) is 0.105. The molecule has 28 heavy (non-hydrogen) atoms. The summed E-state index contributed by atoms with van der Waals surface area (Å²) >= 11 is 12.9. The highest BCUT2D eigenvalue weighted by molar-refractivity contribution is 7.99. The number of benzene rings is 2. The van der Waals surface area contributed by atoms with E-state index in [1.807, 2.05) is 18.2 Å². The molecule has 0 fully saturated rings.